The Balaban J connectivity index is 1.97. The maximum Gasteiger partial charge on any atom is 0.287 e. The van der Waals surface area contributed by atoms with E-state index in [2.05, 4.69) is 10.4 Å². The summed E-state index contributed by atoms with van der Waals surface area (Å²) in [4.78, 5) is 25.4. The van der Waals surface area contributed by atoms with E-state index < -0.39 is 5.91 Å². The number of carbonyl (C=O) groups is 1. The summed E-state index contributed by atoms with van der Waals surface area (Å²) in [5.74, 6) is -0.371. The molecule has 0 radical (unpaired) electrons. The molecule has 3 aromatic rings. The zero-order chi connectivity index (χ0) is 20.6. The third-order valence-electron chi connectivity index (χ3n) is 5.37. The Morgan fingerprint density at radius 2 is 1.82 bits per heavy atom. The second-order valence-corrected chi connectivity index (χ2v) is 7.24. The second kappa shape index (κ2) is 7.62. The topological polar surface area (TPSA) is 77.1 Å². The fraction of sp³-hybridized carbons (Fsp3) is 0.409. The van der Waals surface area contributed by atoms with Crippen molar-refractivity contribution >= 4 is 16.9 Å². The van der Waals surface area contributed by atoms with Crippen LogP contribution < -0.4 is 10.7 Å². The van der Waals surface area contributed by atoms with Gasteiger partial charge in [0, 0.05) is 23.9 Å². The van der Waals surface area contributed by atoms with Gasteiger partial charge in [-0.2, -0.15) is 5.10 Å². The summed E-state index contributed by atoms with van der Waals surface area (Å²) < 4.78 is 7.71. The van der Waals surface area contributed by atoms with Crippen molar-refractivity contribution in [1.29, 1.82) is 0 Å². The number of nitrogens with one attached hydrogen (secondary N) is 1. The molecule has 148 valence electrons. The first-order valence-corrected chi connectivity index (χ1v) is 9.66. The predicted molar refractivity (Wildman–Crippen MR) is 110 cm³/mol. The lowest BCUT2D eigenvalue weighted by atomic mass is 10.0. The van der Waals surface area contributed by atoms with Crippen LogP contribution in [-0.2, 0) is 6.54 Å². The number of hydrogen-bond donors (Lipinski definition) is 1. The fourth-order valence-electron chi connectivity index (χ4n) is 3.65. The van der Waals surface area contributed by atoms with E-state index in [-0.39, 0.29) is 17.2 Å². The Hall–Kier alpha value is -2.89. The molecule has 0 aliphatic rings. The van der Waals surface area contributed by atoms with Crippen LogP contribution >= 0.6 is 0 Å². The van der Waals surface area contributed by atoms with Gasteiger partial charge in [-0.3, -0.25) is 14.3 Å². The summed E-state index contributed by atoms with van der Waals surface area (Å²) in [7, 11) is 0. The van der Waals surface area contributed by atoms with Crippen LogP contribution in [0.3, 0.4) is 0 Å². The van der Waals surface area contributed by atoms with Crippen molar-refractivity contribution in [2.75, 3.05) is 0 Å². The molecule has 2 aromatic heterocycles. The summed E-state index contributed by atoms with van der Waals surface area (Å²) in [6.07, 6.45) is 0.707. The van der Waals surface area contributed by atoms with Gasteiger partial charge in [-0.1, -0.05) is 6.92 Å². The highest BCUT2D eigenvalue weighted by atomic mass is 16.3. The van der Waals surface area contributed by atoms with E-state index in [1.54, 1.807) is 12.1 Å². The molecule has 1 unspecified atom stereocenters. The summed E-state index contributed by atoms with van der Waals surface area (Å²) in [6.45, 7) is 12.7. The van der Waals surface area contributed by atoms with Crippen LogP contribution in [0.5, 0.6) is 0 Å². The van der Waals surface area contributed by atoms with E-state index in [0.717, 1.165) is 34.6 Å². The van der Waals surface area contributed by atoms with Gasteiger partial charge in [-0.05, 0) is 64.3 Å². The number of hydrogen-bond acceptors (Lipinski definition) is 4. The normalized spacial score (nSPS) is 12.4. The fourth-order valence-corrected chi connectivity index (χ4v) is 3.65. The number of aryl methyl sites for hydroxylation is 4. The van der Waals surface area contributed by atoms with Crippen LogP contribution in [0.4, 0.5) is 0 Å². The predicted octanol–water partition coefficient (Wildman–Crippen LogP) is 4.12. The van der Waals surface area contributed by atoms with Gasteiger partial charge in [-0.15, -0.1) is 0 Å². The number of rotatable bonds is 5. The van der Waals surface area contributed by atoms with Crippen LogP contribution in [0.2, 0.25) is 0 Å². The summed E-state index contributed by atoms with van der Waals surface area (Å²) >= 11 is 0. The van der Waals surface area contributed by atoms with Crippen molar-refractivity contribution in [1.82, 2.24) is 15.1 Å². The largest absolute Gasteiger partial charge is 0.451 e. The van der Waals surface area contributed by atoms with E-state index in [1.807, 2.05) is 46.2 Å². The molecule has 1 N–H and O–H groups in total. The Labute approximate surface area is 164 Å². The van der Waals surface area contributed by atoms with E-state index in [0.29, 0.717) is 17.4 Å². The van der Waals surface area contributed by atoms with Crippen LogP contribution in [0.15, 0.2) is 27.4 Å². The lowest BCUT2D eigenvalue weighted by Gasteiger charge is -2.18. The second-order valence-electron chi connectivity index (χ2n) is 7.24. The van der Waals surface area contributed by atoms with Gasteiger partial charge in [-0.25, -0.2) is 0 Å². The first kappa shape index (κ1) is 19.9. The van der Waals surface area contributed by atoms with E-state index in [9.17, 15) is 9.59 Å². The smallest absolute Gasteiger partial charge is 0.287 e. The first-order valence-electron chi connectivity index (χ1n) is 9.66. The SMILES string of the molecule is CCC(NC(=O)c1cc(=O)c2cc(C)c(C)cc2o1)c1c(C)nn(CC)c1C. The van der Waals surface area contributed by atoms with Gasteiger partial charge in [0.2, 0.25) is 0 Å². The summed E-state index contributed by atoms with van der Waals surface area (Å²) in [5, 5.41) is 8.04. The monoisotopic (exact) mass is 381 g/mol. The van der Waals surface area contributed by atoms with Crippen LogP contribution in [0.25, 0.3) is 11.0 Å². The minimum absolute atomic E-state index is 0.0254. The number of nitrogens with zero attached hydrogens (tertiary/aromatic N) is 2. The minimum Gasteiger partial charge on any atom is -0.451 e. The zero-order valence-corrected chi connectivity index (χ0v) is 17.3. The van der Waals surface area contributed by atoms with E-state index in [1.165, 1.54) is 6.07 Å². The van der Waals surface area contributed by atoms with E-state index in [4.69, 9.17) is 4.42 Å². The van der Waals surface area contributed by atoms with Crippen molar-refractivity contribution in [3.63, 3.8) is 0 Å². The number of aromatic nitrogens is 2. The number of carbonyl (C=O) groups excluding carboxylic acids is 1. The molecular weight excluding hydrogens is 354 g/mol. The summed E-state index contributed by atoms with van der Waals surface area (Å²) in [5.41, 5.74) is 5.21. The van der Waals surface area contributed by atoms with Gasteiger partial charge in [0.25, 0.3) is 5.91 Å². The third kappa shape index (κ3) is 3.46. The molecule has 1 amide bonds. The molecule has 0 bridgehead atoms. The van der Waals surface area contributed by atoms with Gasteiger partial charge in [0.05, 0.1) is 17.1 Å². The highest BCUT2D eigenvalue weighted by Crippen LogP contribution is 2.25. The molecule has 6 heteroatoms. The maximum atomic E-state index is 12.9. The van der Waals surface area contributed by atoms with Crippen molar-refractivity contribution in [3.8, 4) is 0 Å². The molecule has 6 nitrogen and oxygen atoms in total. The minimum atomic E-state index is -0.396. The average molecular weight is 381 g/mol. The number of amides is 1. The van der Waals surface area contributed by atoms with Gasteiger partial charge in [0.1, 0.15) is 5.58 Å². The van der Waals surface area contributed by atoms with Crippen molar-refractivity contribution < 1.29 is 9.21 Å². The van der Waals surface area contributed by atoms with Gasteiger partial charge < -0.3 is 9.73 Å². The Morgan fingerprint density at radius 1 is 1.14 bits per heavy atom. The lowest BCUT2D eigenvalue weighted by Crippen LogP contribution is -2.29. The van der Waals surface area contributed by atoms with E-state index >= 15 is 0 Å². The molecule has 0 aliphatic heterocycles. The first-order chi connectivity index (χ1) is 13.3. The average Bonchev–Trinajstić information content (AvgIpc) is 2.94. The molecule has 2 heterocycles. The lowest BCUT2D eigenvalue weighted by molar-refractivity contribution is 0.0908. The van der Waals surface area contributed by atoms with Crippen molar-refractivity contribution in [2.24, 2.45) is 0 Å². The summed E-state index contributed by atoms with van der Waals surface area (Å²) in [6, 6.07) is 4.68. The zero-order valence-electron chi connectivity index (χ0n) is 17.3. The van der Waals surface area contributed by atoms with Crippen LogP contribution in [0, 0.1) is 27.7 Å². The highest BCUT2D eigenvalue weighted by molar-refractivity contribution is 5.93. The molecular formula is C22H27N3O3. The molecule has 1 aromatic carbocycles. The molecule has 0 saturated carbocycles. The Morgan fingerprint density at radius 3 is 2.43 bits per heavy atom. The maximum absolute atomic E-state index is 12.9. The van der Waals surface area contributed by atoms with Crippen molar-refractivity contribution in [3.05, 3.63) is 62.3 Å². The molecule has 3 rings (SSSR count). The molecule has 1 atom stereocenters. The molecule has 0 aliphatic carbocycles. The van der Waals surface area contributed by atoms with Gasteiger partial charge >= 0.3 is 0 Å². The van der Waals surface area contributed by atoms with Gasteiger partial charge in [0.15, 0.2) is 11.2 Å². The molecule has 0 fully saturated rings. The molecule has 0 saturated heterocycles. The number of fused-ring (bicyclic) bond motifs is 1. The van der Waals surface area contributed by atoms with Crippen molar-refractivity contribution in [2.45, 2.75) is 60.5 Å². The standard InChI is InChI=1S/C22H27N3O3/c1-7-17(21-14(5)24-25(8-2)15(21)6)23-22(27)20-11-18(26)16-9-12(3)13(4)10-19(16)28-20/h9-11,17H,7-8H2,1-6H3,(H,23,27). The molecule has 0 spiro atoms. The highest BCUT2D eigenvalue weighted by Gasteiger charge is 2.23. The molecule has 28 heavy (non-hydrogen) atoms. The Bertz CT molecular complexity index is 1110. The Kier molecular flexibility index (Phi) is 5.40. The number of benzene rings is 1. The van der Waals surface area contributed by atoms with Crippen LogP contribution in [0.1, 0.15) is 64.9 Å². The third-order valence-corrected chi connectivity index (χ3v) is 5.37. The van der Waals surface area contributed by atoms with Crippen LogP contribution in [-0.4, -0.2) is 15.7 Å². The quantitative estimate of drug-likeness (QED) is 0.721.